The Labute approximate surface area is 123 Å². The lowest BCUT2D eigenvalue weighted by Gasteiger charge is -2.11. The minimum Gasteiger partial charge on any atom is -0.478 e. The molecule has 2 aromatic carbocycles. The largest absolute Gasteiger partial charge is 0.478 e. The highest BCUT2D eigenvalue weighted by Crippen LogP contribution is 2.23. The molecule has 0 saturated heterocycles. The molecule has 5 nitrogen and oxygen atoms in total. The zero-order valence-corrected chi connectivity index (χ0v) is 11.5. The summed E-state index contributed by atoms with van der Waals surface area (Å²) < 4.78 is 65.3. The van der Waals surface area contributed by atoms with Crippen LogP contribution in [0.15, 0.2) is 41.3 Å². The summed E-state index contributed by atoms with van der Waals surface area (Å²) in [6, 6.07) is 4.14. The fourth-order valence-electron chi connectivity index (χ4n) is 1.68. The number of hydrogen-bond donors (Lipinski definition) is 2. The summed E-state index contributed by atoms with van der Waals surface area (Å²) in [5, 5.41) is 8.92. The van der Waals surface area contributed by atoms with Gasteiger partial charge in [0.15, 0.2) is 0 Å². The van der Waals surface area contributed by atoms with E-state index in [-0.39, 0.29) is 0 Å². The normalized spacial score (nSPS) is 11.2. The van der Waals surface area contributed by atoms with E-state index in [1.54, 1.807) is 0 Å². The van der Waals surface area contributed by atoms with Crippen LogP contribution in [0.3, 0.4) is 0 Å². The van der Waals surface area contributed by atoms with Crippen molar-refractivity contribution in [1.82, 2.24) is 0 Å². The maximum atomic E-state index is 13.5. The molecule has 0 radical (unpaired) electrons. The van der Waals surface area contributed by atoms with Crippen molar-refractivity contribution >= 4 is 21.7 Å². The second-order valence-corrected chi connectivity index (χ2v) is 5.83. The second-order valence-electron chi connectivity index (χ2n) is 4.18. The maximum Gasteiger partial charge on any atom is 0.337 e. The van der Waals surface area contributed by atoms with Gasteiger partial charge in [0.1, 0.15) is 22.3 Å². The number of aromatic carboxylic acids is 1. The van der Waals surface area contributed by atoms with Crippen LogP contribution >= 0.6 is 0 Å². The van der Waals surface area contributed by atoms with Crippen molar-refractivity contribution in [2.24, 2.45) is 0 Å². The van der Waals surface area contributed by atoms with E-state index in [1.807, 2.05) is 4.72 Å². The predicted molar refractivity (Wildman–Crippen MR) is 70.5 cm³/mol. The van der Waals surface area contributed by atoms with Gasteiger partial charge in [0.05, 0.1) is 11.3 Å². The lowest BCUT2D eigenvalue weighted by atomic mass is 10.2. The highest BCUT2D eigenvalue weighted by atomic mass is 32.2. The van der Waals surface area contributed by atoms with Crippen molar-refractivity contribution in [2.45, 2.75) is 4.90 Å². The average molecular weight is 331 g/mol. The lowest BCUT2D eigenvalue weighted by Crippen LogP contribution is -2.17. The molecule has 0 bridgehead atoms. The second kappa shape index (κ2) is 5.68. The van der Waals surface area contributed by atoms with Gasteiger partial charge in [-0.05, 0) is 30.3 Å². The van der Waals surface area contributed by atoms with Crippen molar-refractivity contribution < 1.29 is 31.5 Å². The molecule has 0 unspecified atom stereocenters. The SMILES string of the molecule is O=C(O)c1cc(F)ccc1NS(=O)(=O)c1ccc(F)cc1F. The molecule has 2 rings (SSSR count). The first kappa shape index (κ1) is 15.8. The summed E-state index contributed by atoms with van der Waals surface area (Å²) in [5.74, 6) is -4.76. The minimum atomic E-state index is -4.51. The Kier molecular flexibility index (Phi) is 4.09. The van der Waals surface area contributed by atoms with Gasteiger partial charge < -0.3 is 5.11 Å². The number of halogens is 3. The van der Waals surface area contributed by atoms with Crippen LogP contribution in [0.25, 0.3) is 0 Å². The molecule has 0 saturated carbocycles. The van der Waals surface area contributed by atoms with Crippen LogP contribution in [-0.4, -0.2) is 19.5 Å². The highest BCUT2D eigenvalue weighted by Gasteiger charge is 2.22. The van der Waals surface area contributed by atoms with Gasteiger partial charge in [-0.3, -0.25) is 4.72 Å². The van der Waals surface area contributed by atoms with E-state index in [9.17, 15) is 26.4 Å². The number of carboxylic acid groups (broad SMARTS) is 1. The maximum absolute atomic E-state index is 13.5. The lowest BCUT2D eigenvalue weighted by molar-refractivity contribution is 0.0697. The van der Waals surface area contributed by atoms with Gasteiger partial charge in [0.25, 0.3) is 10.0 Å². The Hall–Kier alpha value is -2.55. The molecule has 2 aromatic rings. The van der Waals surface area contributed by atoms with Crippen molar-refractivity contribution in [2.75, 3.05) is 4.72 Å². The molecule has 2 N–H and O–H groups in total. The van der Waals surface area contributed by atoms with Gasteiger partial charge in [-0.1, -0.05) is 0 Å². The third-order valence-electron chi connectivity index (χ3n) is 2.64. The minimum absolute atomic E-state index is 0.372. The molecule has 0 fully saturated rings. The van der Waals surface area contributed by atoms with Crippen molar-refractivity contribution in [1.29, 1.82) is 0 Å². The van der Waals surface area contributed by atoms with Crippen LogP contribution in [0.1, 0.15) is 10.4 Å². The van der Waals surface area contributed by atoms with Crippen LogP contribution in [0, 0.1) is 17.5 Å². The summed E-state index contributed by atoms with van der Waals surface area (Å²) >= 11 is 0. The zero-order valence-electron chi connectivity index (χ0n) is 10.7. The van der Waals surface area contributed by atoms with Gasteiger partial charge in [0, 0.05) is 6.07 Å². The fraction of sp³-hybridized carbons (Fsp3) is 0. The van der Waals surface area contributed by atoms with E-state index in [4.69, 9.17) is 5.11 Å². The molecule has 0 atom stereocenters. The molecule has 0 spiro atoms. The van der Waals surface area contributed by atoms with E-state index in [0.29, 0.717) is 18.2 Å². The first-order chi connectivity index (χ1) is 10.2. The number of hydrogen-bond acceptors (Lipinski definition) is 3. The van der Waals surface area contributed by atoms with E-state index >= 15 is 0 Å². The Bertz CT molecular complexity index is 852. The standard InChI is InChI=1S/C13H8F3NO4S/c14-7-1-3-11(9(5-7)13(18)19)17-22(20,21)12-4-2-8(15)6-10(12)16/h1-6,17H,(H,18,19). The van der Waals surface area contributed by atoms with Crippen LogP contribution in [0.5, 0.6) is 0 Å². The number of carbonyl (C=O) groups is 1. The Balaban J connectivity index is 2.47. The highest BCUT2D eigenvalue weighted by molar-refractivity contribution is 7.92. The molecule has 0 aliphatic carbocycles. The molecule has 0 aliphatic rings. The number of carboxylic acids is 1. The summed E-state index contributed by atoms with van der Waals surface area (Å²) in [6.07, 6.45) is 0. The summed E-state index contributed by atoms with van der Waals surface area (Å²) in [4.78, 5) is 10.1. The average Bonchev–Trinajstić information content (AvgIpc) is 2.39. The van der Waals surface area contributed by atoms with Crippen LogP contribution < -0.4 is 4.72 Å². The number of sulfonamides is 1. The molecular formula is C13H8F3NO4S. The Morgan fingerprint density at radius 3 is 2.18 bits per heavy atom. The van der Waals surface area contributed by atoms with Crippen LogP contribution in [0.2, 0.25) is 0 Å². The molecule has 22 heavy (non-hydrogen) atoms. The quantitative estimate of drug-likeness (QED) is 0.902. The van der Waals surface area contributed by atoms with E-state index < -0.39 is 49.6 Å². The number of anilines is 1. The van der Waals surface area contributed by atoms with Crippen molar-refractivity contribution in [3.8, 4) is 0 Å². The van der Waals surface area contributed by atoms with E-state index in [1.165, 1.54) is 0 Å². The third kappa shape index (κ3) is 3.19. The van der Waals surface area contributed by atoms with Gasteiger partial charge in [-0.2, -0.15) is 0 Å². The first-order valence-electron chi connectivity index (χ1n) is 5.71. The van der Waals surface area contributed by atoms with E-state index in [2.05, 4.69) is 0 Å². The van der Waals surface area contributed by atoms with Crippen LogP contribution in [0.4, 0.5) is 18.9 Å². The summed E-state index contributed by atoms with van der Waals surface area (Å²) in [7, 11) is -4.51. The molecular weight excluding hydrogens is 323 g/mol. The number of benzene rings is 2. The number of nitrogens with one attached hydrogen (secondary N) is 1. The summed E-state index contributed by atoms with van der Waals surface area (Å²) in [6.45, 7) is 0. The first-order valence-corrected chi connectivity index (χ1v) is 7.20. The third-order valence-corrected chi connectivity index (χ3v) is 4.04. The molecule has 0 aliphatic heterocycles. The van der Waals surface area contributed by atoms with Gasteiger partial charge >= 0.3 is 5.97 Å². The molecule has 0 amide bonds. The van der Waals surface area contributed by atoms with E-state index in [0.717, 1.165) is 18.2 Å². The molecule has 0 heterocycles. The predicted octanol–water partition coefficient (Wildman–Crippen LogP) is 2.60. The zero-order chi connectivity index (χ0) is 16.5. The Morgan fingerprint density at radius 2 is 1.59 bits per heavy atom. The fourth-order valence-corrected chi connectivity index (χ4v) is 2.82. The monoisotopic (exact) mass is 331 g/mol. The molecule has 0 aromatic heterocycles. The van der Waals surface area contributed by atoms with Crippen molar-refractivity contribution in [3.05, 3.63) is 59.4 Å². The molecule has 116 valence electrons. The topological polar surface area (TPSA) is 83.5 Å². The Morgan fingerprint density at radius 1 is 1.00 bits per heavy atom. The number of rotatable bonds is 4. The van der Waals surface area contributed by atoms with Gasteiger partial charge in [-0.15, -0.1) is 0 Å². The smallest absolute Gasteiger partial charge is 0.337 e. The summed E-state index contributed by atoms with van der Waals surface area (Å²) in [5.41, 5.74) is -1.09. The molecule has 9 heteroatoms. The van der Waals surface area contributed by atoms with Gasteiger partial charge in [-0.25, -0.2) is 26.4 Å². The van der Waals surface area contributed by atoms with Crippen LogP contribution in [-0.2, 0) is 10.0 Å². The van der Waals surface area contributed by atoms with Gasteiger partial charge in [0.2, 0.25) is 0 Å². The van der Waals surface area contributed by atoms with Crippen molar-refractivity contribution in [3.63, 3.8) is 0 Å².